The van der Waals surface area contributed by atoms with Crippen molar-refractivity contribution in [2.75, 3.05) is 20.8 Å². The SMILES string of the molecule is [B]OC[C@H](/C=C/[C@H](C)[C@@H](OC)c1ccccc1)OC. The monoisotopic (exact) mass is 260 g/mol. The molecule has 1 rings (SSSR count). The maximum absolute atomic E-state index is 5.58. The molecule has 0 heterocycles. The van der Waals surface area contributed by atoms with Crippen LogP contribution >= 0.6 is 0 Å². The Kier molecular flexibility index (Phi) is 7.49. The molecule has 0 spiro atoms. The molecule has 0 aromatic heterocycles. The van der Waals surface area contributed by atoms with E-state index in [-0.39, 0.29) is 18.1 Å². The molecular weight excluding hydrogens is 239 g/mol. The molecule has 0 aliphatic heterocycles. The van der Waals surface area contributed by atoms with Crippen molar-refractivity contribution in [3.63, 3.8) is 0 Å². The highest BCUT2D eigenvalue weighted by Crippen LogP contribution is 2.26. The lowest BCUT2D eigenvalue weighted by molar-refractivity contribution is 0.0716. The van der Waals surface area contributed by atoms with E-state index in [4.69, 9.17) is 17.5 Å². The Bertz CT molecular complexity index is 367. The molecule has 3 nitrogen and oxygen atoms in total. The Morgan fingerprint density at radius 1 is 1.11 bits per heavy atom. The quantitative estimate of drug-likeness (QED) is 0.531. The molecule has 19 heavy (non-hydrogen) atoms. The molecule has 0 unspecified atom stereocenters. The zero-order chi connectivity index (χ0) is 14.1. The molecular formula is C15H21BO3. The van der Waals surface area contributed by atoms with Crippen LogP contribution in [-0.4, -0.2) is 35.0 Å². The van der Waals surface area contributed by atoms with E-state index in [2.05, 4.69) is 29.8 Å². The van der Waals surface area contributed by atoms with Gasteiger partial charge in [0.1, 0.15) is 0 Å². The summed E-state index contributed by atoms with van der Waals surface area (Å²) in [4.78, 5) is 0. The third-order valence-corrected chi connectivity index (χ3v) is 3.05. The first kappa shape index (κ1) is 16.0. The molecule has 1 aromatic rings. The zero-order valence-electron chi connectivity index (χ0n) is 11.8. The third-order valence-electron chi connectivity index (χ3n) is 3.05. The van der Waals surface area contributed by atoms with Gasteiger partial charge in [-0.2, -0.15) is 0 Å². The van der Waals surface area contributed by atoms with Crippen LogP contribution < -0.4 is 0 Å². The first-order chi connectivity index (χ1) is 9.22. The molecule has 0 amide bonds. The van der Waals surface area contributed by atoms with E-state index in [1.807, 2.05) is 24.3 Å². The van der Waals surface area contributed by atoms with E-state index in [1.54, 1.807) is 14.2 Å². The minimum absolute atomic E-state index is 0.0220. The summed E-state index contributed by atoms with van der Waals surface area (Å²) < 4.78 is 15.4. The average Bonchev–Trinajstić information content (AvgIpc) is 2.45. The van der Waals surface area contributed by atoms with Crippen molar-refractivity contribution in [1.82, 2.24) is 0 Å². The van der Waals surface area contributed by atoms with Gasteiger partial charge in [-0.05, 0) is 5.56 Å². The first-order valence-electron chi connectivity index (χ1n) is 6.33. The van der Waals surface area contributed by atoms with Gasteiger partial charge in [0.2, 0.25) is 0 Å². The van der Waals surface area contributed by atoms with E-state index in [9.17, 15) is 0 Å². The molecule has 2 radical (unpaired) electrons. The molecule has 4 heteroatoms. The second kappa shape index (κ2) is 8.91. The summed E-state index contributed by atoms with van der Waals surface area (Å²) in [5.74, 6) is 0.225. The van der Waals surface area contributed by atoms with Gasteiger partial charge >= 0.3 is 0 Å². The van der Waals surface area contributed by atoms with Crippen molar-refractivity contribution in [2.24, 2.45) is 5.92 Å². The summed E-state index contributed by atoms with van der Waals surface area (Å²) in [5, 5.41) is 0. The van der Waals surface area contributed by atoms with Gasteiger partial charge in [0.25, 0.3) is 8.05 Å². The standard InChI is InChI=1S/C15H21BO3/c1-12(9-10-14(17-2)11-19-16)15(18-3)13-7-5-4-6-8-13/h4-10,12,14-15H,11H2,1-3H3/b10-9+/t12-,14-,15+/m0/s1. The predicted molar refractivity (Wildman–Crippen MR) is 77.0 cm³/mol. The molecule has 0 saturated carbocycles. The highest BCUT2D eigenvalue weighted by atomic mass is 16.5. The fourth-order valence-electron chi connectivity index (χ4n) is 1.99. The van der Waals surface area contributed by atoms with Crippen LogP contribution in [0.5, 0.6) is 0 Å². The smallest absolute Gasteiger partial charge is 0.282 e. The minimum Gasteiger partial charge on any atom is -0.445 e. The van der Waals surface area contributed by atoms with E-state index >= 15 is 0 Å². The van der Waals surface area contributed by atoms with Gasteiger partial charge in [-0.15, -0.1) is 0 Å². The molecule has 102 valence electrons. The predicted octanol–water partition coefficient (Wildman–Crippen LogP) is 2.68. The van der Waals surface area contributed by atoms with E-state index < -0.39 is 0 Å². The molecule has 1 aromatic carbocycles. The van der Waals surface area contributed by atoms with Gasteiger partial charge in [-0.3, -0.25) is 0 Å². The van der Waals surface area contributed by atoms with Crippen molar-refractivity contribution < 1.29 is 14.1 Å². The Labute approximate surface area is 117 Å². The van der Waals surface area contributed by atoms with Gasteiger partial charge in [0.05, 0.1) is 18.8 Å². The van der Waals surface area contributed by atoms with Gasteiger partial charge in [0.15, 0.2) is 0 Å². The molecule has 0 bridgehead atoms. The average molecular weight is 260 g/mol. The number of methoxy groups -OCH3 is 2. The van der Waals surface area contributed by atoms with Crippen molar-refractivity contribution in [1.29, 1.82) is 0 Å². The van der Waals surface area contributed by atoms with Crippen LogP contribution in [0.2, 0.25) is 0 Å². The van der Waals surface area contributed by atoms with E-state index in [0.717, 1.165) is 5.56 Å². The van der Waals surface area contributed by atoms with E-state index in [1.165, 1.54) is 0 Å². The number of hydrogen-bond donors (Lipinski definition) is 0. The minimum atomic E-state index is -0.138. The zero-order valence-corrected chi connectivity index (χ0v) is 11.8. The van der Waals surface area contributed by atoms with Crippen molar-refractivity contribution in [3.8, 4) is 0 Å². The molecule has 0 fully saturated rings. The van der Waals surface area contributed by atoms with Gasteiger partial charge < -0.3 is 14.1 Å². The number of hydrogen-bond acceptors (Lipinski definition) is 3. The molecule has 0 aliphatic carbocycles. The normalized spacial score (nSPS) is 16.4. The fourth-order valence-corrected chi connectivity index (χ4v) is 1.99. The maximum atomic E-state index is 5.58. The summed E-state index contributed by atoms with van der Waals surface area (Å²) in [6, 6.07) is 10.1. The number of ether oxygens (including phenoxy) is 2. The summed E-state index contributed by atoms with van der Waals surface area (Å²) in [6.45, 7) is 2.44. The lowest BCUT2D eigenvalue weighted by atomic mass is 9.96. The largest absolute Gasteiger partial charge is 0.445 e. The Morgan fingerprint density at radius 3 is 2.32 bits per heavy atom. The Hall–Kier alpha value is -1.10. The highest BCUT2D eigenvalue weighted by Gasteiger charge is 2.16. The fraction of sp³-hybridized carbons (Fsp3) is 0.467. The summed E-state index contributed by atoms with van der Waals surface area (Å²) in [7, 11) is 8.40. The van der Waals surface area contributed by atoms with Crippen LogP contribution in [0.1, 0.15) is 18.6 Å². The maximum Gasteiger partial charge on any atom is 0.282 e. The second-order valence-corrected chi connectivity index (χ2v) is 4.42. The Morgan fingerprint density at radius 2 is 1.79 bits per heavy atom. The molecule has 0 saturated heterocycles. The van der Waals surface area contributed by atoms with Gasteiger partial charge in [-0.25, -0.2) is 0 Å². The van der Waals surface area contributed by atoms with Crippen LogP contribution in [0.4, 0.5) is 0 Å². The lowest BCUT2D eigenvalue weighted by Crippen LogP contribution is -2.16. The number of rotatable bonds is 8. The van der Waals surface area contributed by atoms with Crippen LogP contribution in [0.25, 0.3) is 0 Å². The van der Waals surface area contributed by atoms with Crippen LogP contribution in [0.15, 0.2) is 42.5 Å². The van der Waals surface area contributed by atoms with Crippen molar-refractivity contribution >= 4 is 8.05 Å². The number of benzene rings is 1. The lowest BCUT2D eigenvalue weighted by Gasteiger charge is -2.21. The third kappa shape index (κ3) is 5.19. The van der Waals surface area contributed by atoms with Crippen molar-refractivity contribution in [3.05, 3.63) is 48.0 Å². The Balaban J connectivity index is 2.69. The molecule has 0 N–H and O–H groups in total. The molecule has 0 aliphatic rings. The van der Waals surface area contributed by atoms with Crippen LogP contribution in [0.3, 0.4) is 0 Å². The van der Waals surface area contributed by atoms with Gasteiger partial charge in [0, 0.05) is 20.1 Å². The summed E-state index contributed by atoms with van der Waals surface area (Å²) >= 11 is 0. The summed E-state index contributed by atoms with van der Waals surface area (Å²) in [5.41, 5.74) is 1.16. The first-order valence-corrected chi connectivity index (χ1v) is 6.33. The topological polar surface area (TPSA) is 27.7 Å². The van der Waals surface area contributed by atoms with Crippen LogP contribution in [-0.2, 0) is 14.1 Å². The van der Waals surface area contributed by atoms with Crippen LogP contribution in [0, 0.1) is 5.92 Å². The summed E-state index contributed by atoms with van der Waals surface area (Å²) in [6.07, 6.45) is 3.90. The van der Waals surface area contributed by atoms with E-state index in [0.29, 0.717) is 6.61 Å². The molecule has 3 atom stereocenters. The van der Waals surface area contributed by atoms with Crippen molar-refractivity contribution in [2.45, 2.75) is 19.1 Å². The van der Waals surface area contributed by atoms with Gasteiger partial charge in [-0.1, -0.05) is 49.4 Å². The highest BCUT2D eigenvalue weighted by molar-refractivity contribution is 5.97. The second-order valence-electron chi connectivity index (χ2n) is 4.42.